The van der Waals surface area contributed by atoms with E-state index < -0.39 is 0 Å². The van der Waals surface area contributed by atoms with E-state index in [9.17, 15) is 0 Å². The molecule has 0 saturated heterocycles. The topological polar surface area (TPSA) is 43.8 Å². The Balaban J connectivity index is 2.45. The highest BCUT2D eigenvalue weighted by Gasteiger charge is 2.26. The minimum Gasteiger partial charge on any atom is -0.322 e. The number of aryl methyl sites for hydroxylation is 2. The third-order valence-electron chi connectivity index (χ3n) is 2.86. The zero-order chi connectivity index (χ0) is 8.72. The summed E-state index contributed by atoms with van der Waals surface area (Å²) >= 11 is 0. The van der Waals surface area contributed by atoms with E-state index in [2.05, 4.69) is 12.0 Å². The molecule has 0 saturated carbocycles. The minimum atomic E-state index is 0.182. The summed E-state index contributed by atoms with van der Waals surface area (Å²) in [5.74, 6) is 0.591. The first kappa shape index (κ1) is 7.80. The van der Waals surface area contributed by atoms with Crippen LogP contribution in [0.2, 0.25) is 0 Å². The maximum absolute atomic E-state index is 6.07. The van der Waals surface area contributed by atoms with Gasteiger partial charge in [-0.2, -0.15) is 5.10 Å². The summed E-state index contributed by atoms with van der Waals surface area (Å²) in [4.78, 5) is 0. The van der Waals surface area contributed by atoms with Crippen LogP contribution in [0.25, 0.3) is 0 Å². The number of rotatable bonds is 0. The van der Waals surface area contributed by atoms with Crippen molar-refractivity contribution in [3.63, 3.8) is 0 Å². The molecule has 1 heterocycles. The number of aromatic nitrogens is 2. The highest BCUT2D eigenvalue weighted by atomic mass is 15.3. The van der Waals surface area contributed by atoms with Crippen molar-refractivity contribution < 1.29 is 0 Å². The summed E-state index contributed by atoms with van der Waals surface area (Å²) in [7, 11) is 1.97. The maximum atomic E-state index is 6.07. The number of hydrogen-bond acceptors (Lipinski definition) is 2. The first-order chi connectivity index (χ1) is 5.70. The molecule has 2 unspecified atom stereocenters. The van der Waals surface area contributed by atoms with Gasteiger partial charge in [0.1, 0.15) is 0 Å². The predicted octanol–water partition coefficient (Wildman–Crippen LogP) is 1.00. The van der Waals surface area contributed by atoms with Gasteiger partial charge in [-0.1, -0.05) is 6.92 Å². The van der Waals surface area contributed by atoms with Crippen LogP contribution >= 0.6 is 0 Å². The van der Waals surface area contributed by atoms with Crippen molar-refractivity contribution in [2.24, 2.45) is 18.7 Å². The summed E-state index contributed by atoms with van der Waals surface area (Å²) in [5, 5.41) is 4.22. The molecule has 1 aromatic heterocycles. The summed E-state index contributed by atoms with van der Waals surface area (Å²) in [5.41, 5.74) is 8.64. The highest BCUT2D eigenvalue weighted by molar-refractivity contribution is 5.24. The Morgan fingerprint density at radius 2 is 2.42 bits per heavy atom. The number of nitrogens with zero attached hydrogens (tertiary/aromatic N) is 2. The lowest BCUT2D eigenvalue weighted by atomic mass is 9.85. The van der Waals surface area contributed by atoms with Crippen LogP contribution in [0.15, 0.2) is 6.20 Å². The molecule has 3 nitrogen and oxygen atoms in total. The molecular formula is C9H15N3. The average Bonchev–Trinajstić information content (AvgIpc) is 2.41. The van der Waals surface area contributed by atoms with E-state index in [-0.39, 0.29) is 6.04 Å². The Hall–Kier alpha value is -0.830. The molecule has 0 fully saturated rings. The zero-order valence-electron chi connectivity index (χ0n) is 7.62. The molecule has 3 heteroatoms. The molecule has 0 aromatic carbocycles. The van der Waals surface area contributed by atoms with E-state index in [0.717, 1.165) is 6.42 Å². The molecule has 0 spiro atoms. The third-order valence-corrected chi connectivity index (χ3v) is 2.86. The van der Waals surface area contributed by atoms with Crippen molar-refractivity contribution in [3.8, 4) is 0 Å². The first-order valence-corrected chi connectivity index (χ1v) is 4.46. The Morgan fingerprint density at radius 3 is 3.17 bits per heavy atom. The average molecular weight is 165 g/mol. The molecule has 2 atom stereocenters. The van der Waals surface area contributed by atoms with Gasteiger partial charge in [-0.3, -0.25) is 4.68 Å². The van der Waals surface area contributed by atoms with Gasteiger partial charge >= 0.3 is 0 Å². The summed E-state index contributed by atoms with van der Waals surface area (Å²) in [6, 6.07) is 0.182. The molecule has 2 rings (SSSR count). The first-order valence-electron chi connectivity index (χ1n) is 4.46. The van der Waals surface area contributed by atoms with Crippen molar-refractivity contribution in [3.05, 3.63) is 17.5 Å². The molecule has 12 heavy (non-hydrogen) atoms. The molecule has 0 amide bonds. The maximum Gasteiger partial charge on any atom is 0.0582 e. The Labute approximate surface area is 72.6 Å². The fourth-order valence-corrected chi connectivity index (χ4v) is 1.95. The van der Waals surface area contributed by atoms with E-state index in [1.165, 1.54) is 17.7 Å². The van der Waals surface area contributed by atoms with E-state index >= 15 is 0 Å². The molecule has 1 aromatic rings. The molecule has 0 aliphatic heterocycles. The van der Waals surface area contributed by atoms with Crippen molar-refractivity contribution in [2.45, 2.75) is 25.8 Å². The van der Waals surface area contributed by atoms with Gasteiger partial charge in [-0.15, -0.1) is 0 Å². The van der Waals surface area contributed by atoms with Gasteiger partial charge < -0.3 is 5.73 Å². The van der Waals surface area contributed by atoms with Crippen LogP contribution in [-0.2, 0) is 13.5 Å². The smallest absolute Gasteiger partial charge is 0.0582 e. The zero-order valence-corrected chi connectivity index (χ0v) is 7.62. The number of hydrogen-bond donors (Lipinski definition) is 1. The van der Waals surface area contributed by atoms with Crippen LogP contribution in [0.3, 0.4) is 0 Å². The second-order valence-corrected chi connectivity index (χ2v) is 3.72. The van der Waals surface area contributed by atoms with E-state index in [4.69, 9.17) is 5.73 Å². The van der Waals surface area contributed by atoms with Gasteiger partial charge in [0.2, 0.25) is 0 Å². The summed E-state index contributed by atoms with van der Waals surface area (Å²) in [6.45, 7) is 2.21. The standard InChI is InChI=1S/C9H15N3/c1-6-3-4-7-5-11-12(2)9(7)8(6)10/h5-6,8H,3-4,10H2,1-2H3. The fraction of sp³-hybridized carbons (Fsp3) is 0.667. The largest absolute Gasteiger partial charge is 0.322 e. The second-order valence-electron chi connectivity index (χ2n) is 3.72. The molecule has 0 bridgehead atoms. The van der Waals surface area contributed by atoms with Gasteiger partial charge in [0.05, 0.1) is 11.9 Å². The van der Waals surface area contributed by atoms with Gasteiger partial charge in [0.25, 0.3) is 0 Å². The fourth-order valence-electron chi connectivity index (χ4n) is 1.95. The van der Waals surface area contributed by atoms with E-state index in [1.807, 2.05) is 17.9 Å². The van der Waals surface area contributed by atoms with Crippen LogP contribution in [0.4, 0.5) is 0 Å². The molecule has 1 aliphatic rings. The lowest BCUT2D eigenvalue weighted by Gasteiger charge is -2.26. The minimum absolute atomic E-state index is 0.182. The molecule has 0 radical (unpaired) electrons. The van der Waals surface area contributed by atoms with Crippen LogP contribution < -0.4 is 5.73 Å². The van der Waals surface area contributed by atoms with Crippen LogP contribution in [-0.4, -0.2) is 9.78 Å². The van der Waals surface area contributed by atoms with Gasteiger partial charge in [-0.05, 0) is 24.3 Å². The van der Waals surface area contributed by atoms with Gasteiger partial charge in [0, 0.05) is 13.1 Å². The van der Waals surface area contributed by atoms with Crippen molar-refractivity contribution >= 4 is 0 Å². The number of nitrogens with two attached hydrogens (primary N) is 1. The normalized spacial score (nSPS) is 28.6. The monoisotopic (exact) mass is 165 g/mol. The predicted molar refractivity (Wildman–Crippen MR) is 47.6 cm³/mol. The lowest BCUT2D eigenvalue weighted by Crippen LogP contribution is -2.27. The lowest BCUT2D eigenvalue weighted by molar-refractivity contribution is 0.392. The van der Waals surface area contributed by atoms with Crippen molar-refractivity contribution in [2.75, 3.05) is 0 Å². The highest BCUT2D eigenvalue weighted by Crippen LogP contribution is 2.31. The van der Waals surface area contributed by atoms with Crippen molar-refractivity contribution in [1.82, 2.24) is 9.78 Å². The molecule has 2 N–H and O–H groups in total. The number of fused-ring (bicyclic) bond motifs is 1. The van der Waals surface area contributed by atoms with Gasteiger partial charge in [-0.25, -0.2) is 0 Å². The Kier molecular flexibility index (Phi) is 1.68. The van der Waals surface area contributed by atoms with Crippen molar-refractivity contribution in [1.29, 1.82) is 0 Å². The van der Waals surface area contributed by atoms with E-state index in [0.29, 0.717) is 5.92 Å². The van der Waals surface area contributed by atoms with Gasteiger partial charge in [0.15, 0.2) is 0 Å². The quantitative estimate of drug-likeness (QED) is 0.623. The third kappa shape index (κ3) is 0.966. The SMILES string of the molecule is CC1CCc2cnn(C)c2C1N. The molecular weight excluding hydrogens is 150 g/mol. The summed E-state index contributed by atoms with van der Waals surface area (Å²) in [6.07, 6.45) is 4.28. The van der Waals surface area contributed by atoms with Crippen LogP contribution in [0, 0.1) is 5.92 Å². The summed E-state index contributed by atoms with van der Waals surface area (Å²) < 4.78 is 1.91. The van der Waals surface area contributed by atoms with Crippen LogP contribution in [0.1, 0.15) is 30.6 Å². The van der Waals surface area contributed by atoms with Crippen LogP contribution in [0.5, 0.6) is 0 Å². The Bertz CT molecular complexity index is 290. The van der Waals surface area contributed by atoms with E-state index in [1.54, 1.807) is 0 Å². The second kappa shape index (κ2) is 2.59. The molecule has 66 valence electrons. The Morgan fingerprint density at radius 1 is 1.67 bits per heavy atom. The molecule has 1 aliphatic carbocycles.